The van der Waals surface area contributed by atoms with E-state index in [0.29, 0.717) is 6.54 Å². The van der Waals surface area contributed by atoms with Crippen molar-refractivity contribution in [3.8, 4) is 39.1 Å². The molecule has 3 nitrogen and oxygen atoms in total. The molecule has 11 rings (SSSR count). The maximum absolute atomic E-state index is 7.06. The molecule has 0 bridgehead atoms. The first-order valence-corrected chi connectivity index (χ1v) is 19.8. The number of para-hydroxylation sites is 3. The van der Waals surface area contributed by atoms with Gasteiger partial charge in [-0.05, 0) is 87.5 Å². The lowest BCUT2D eigenvalue weighted by atomic mass is 9.96. The minimum absolute atomic E-state index is 0.677. The van der Waals surface area contributed by atoms with E-state index in [0.717, 1.165) is 72.3 Å². The van der Waals surface area contributed by atoms with Crippen molar-refractivity contribution >= 4 is 60.7 Å². The second-order valence-corrected chi connectivity index (χ2v) is 15.0. The Bertz CT molecular complexity index is 3210. The van der Waals surface area contributed by atoms with Gasteiger partial charge in [0, 0.05) is 34.0 Å². The number of furan rings is 1. The largest absolute Gasteiger partial charge is 0.454 e. The SMILES string of the molecule is C=C1/C=C\C=C/CN(c2ccc(-n3c4ccccc4c4ccccc43)c3oc4ccc(-c5cccc(-c6ccc(-c7ccccc7)cc6)c5)cc4c23)c2ccccc21. The molecule has 1 aliphatic heterocycles. The molecule has 3 heteroatoms. The fourth-order valence-corrected chi connectivity index (χ4v) is 8.79. The molecule has 274 valence electrons. The van der Waals surface area contributed by atoms with Gasteiger partial charge in [0.05, 0.1) is 27.8 Å². The molecule has 0 radical (unpaired) electrons. The highest BCUT2D eigenvalue weighted by atomic mass is 16.3. The summed E-state index contributed by atoms with van der Waals surface area (Å²) in [6.45, 7) is 5.13. The van der Waals surface area contributed by atoms with Crippen molar-refractivity contribution in [3.63, 3.8) is 0 Å². The minimum atomic E-state index is 0.677. The summed E-state index contributed by atoms with van der Waals surface area (Å²) < 4.78 is 9.43. The zero-order valence-corrected chi connectivity index (χ0v) is 31.8. The first-order chi connectivity index (χ1) is 28.7. The second kappa shape index (κ2) is 13.8. The Balaban J connectivity index is 1.13. The molecule has 0 amide bonds. The standard InChI is InChI=1S/C55H38N2O/c1-37-15-4-3-13-34-56(48-23-10-7-20-44(37)48)51-31-32-52(57-49-24-11-8-21-45(49)46-22-9-12-25-50(46)57)55-54(51)47-36-43(30-33-53(47)58-55)42-19-14-18-41(35-42)40-28-26-39(27-29-40)38-16-5-2-6-17-38/h2-33,35-36H,1,34H2/b13-3-,15-4-. The van der Waals surface area contributed by atoms with E-state index in [1.54, 1.807) is 0 Å². The molecule has 58 heavy (non-hydrogen) atoms. The van der Waals surface area contributed by atoms with E-state index in [1.165, 1.54) is 33.0 Å². The molecular weight excluding hydrogens is 705 g/mol. The first kappa shape index (κ1) is 33.7. The highest BCUT2D eigenvalue weighted by Gasteiger charge is 2.24. The summed E-state index contributed by atoms with van der Waals surface area (Å²) in [5, 5.41) is 4.58. The van der Waals surface area contributed by atoms with Crippen LogP contribution in [-0.2, 0) is 0 Å². The van der Waals surface area contributed by atoms with Crippen molar-refractivity contribution in [1.29, 1.82) is 0 Å². The molecule has 2 aromatic heterocycles. The molecule has 10 aromatic rings. The topological polar surface area (TPSA) is 21.3 Å². The van der Waals surface area contributed by atoms with Gasteiger partial charge < -0.3 is 13.9 Å². The lowest BCUT2D eigenvalue weighted by Crippen LogP contribution is -2.18. The third kappa shape index (κ3) is 5.59. The van der Waals surface area contributed by atoms with Crippen LogP contribution >= 0.6 is 0 Å². The van der Waals surface area contributed by atoms with Gasteiger partial charge in [-0.25, -0.2) is 0 Å². The normalized spacial score (nSPS) is 14.1. The third-order valence-electron chi connectivity index (χ3n) is 11.6. The Morgan fingerprint density at radius 2 is 1.03 bits per heavy atom. The predicted octanol–water partition coefficient (Wildman–Crippen LogP) is 15.0. The summed E-state index contributed by atoms with van der Waals surface area (Å²) in [4.78, 5) is 2.41. The summed E-state index contributed by atoms with van der Waals surface area (Å²) in [5.41, 5.74) is 16.3. The Labute approximate surface area is 337 Å². The van der Waals surface area contributed by atoms with E-state index >= 15 is 0 Å². The second-order valence-electron chi connectivity index (χ2n) is 15.0. The number of benzene rings is 8. The van der Waals surface area contributed by atoms with Crippen LogP contribution in [-0.4, -0.2) is 11.1 Å². The lowest BCUT2D eigenvalue weighted by molar-refractivity contribution is 0.666. The van der Waals surface area contributed by atoms with Crippen molar-refractivity contribution in [2.75, 3.05) is 11.4 Å². The van der Waals surface area contributed by atoms with Crippen LogP contribution in [0.15, 0.2) is 217 Å². The van der Waals surface area contributed by atoms with Crippen LogP contribution < -0.4 is 4.90 Å². The first-order valence-electron chi connectivity index (χ1n) is 19.8. The van der Waals surface area contributed by atoms with Crippen LogP contribution in [0.1, 0.15) is 5.56 Å². The molecule has 0 N–H and O–H groups in total. The Morgan fingerprint density at radius 1 is 0.448 bits per heavy atom. The molecular formula is C55H38N2O. The van der Waals surface area contributed by atoms with Gasteiger partial charge in [0.15, 0.2) is 5.58 Å². The van der Waals surface area contributed by atoms with Crippen LogP contribution in [0.2, 0.25) is 0 Å². The maximum atomic E-state index is 7.06. The van der Waals surface area contributed by atoms with Crippen LogP contribution in [0.25, 0.3) is 88.4 Å². The summed E-state index contributed by atoms with van der Waals surface area (Å²) in [5.74, 6) is 0. The van der Waals surface area contributed by atoms with E-state index in [4.69, 9.17) is 4.42 Å². The average Bonchev–Trinajstić information content (AvgIpc) is 3.86. The molecule has 0 saturated carbocycles. The highest BCUT2D eigenvalue weighted by molar-refractivity contribution is 6.17. The van der Waals surface area contributed by atoms with Crippen molar-refractivity contribution < 1.29 is 4.42 Å². The third-order valence-corrected chi connectivity index (χ3v) is 11.6. The fourth-order valence-electron chi connectivity index (χ4n) is 8.79. The minimum Gasteiger partial charge on any atom is -0.454 e. The molecule has 0 fully saturated rings. The summed E-state index contributed by atoms with van der Waals surface area (Å²) in [7, 11) is 0. The highest BCUT2D eigenvalue weighted by Crippen LogP contribution is 2.46. The van der Waals surface area contributed by atoms with E-state index in [1.807, 2.05) is 0 Å². The van der Waals surface area contributed by atoms with Gasteiger partial charge >= 0.3 is 0 Å². The van der Waals surface area contributed by atoms with Crippen molar-refractivity contribution in [2.45, 2.75) is 0 Å². The number of fused-ring (bicyclic) bond motifs is 7. The van der Waals surface area contributed by atoms with Crippen LogP contribution in [0.3, 0.4) is 0 Å². The number of aromatic nitrogens is 1. The molecule has 0 atom stereocenters. The molecule has 0 unspecified atom stereocenters. The number of allylic oxidation sites excluding steroid dienone is 4. The monoisotopic (exact) mass is 742 g/mol. The van der Waals surface area contributed by atoms with Crippen LogP contribution in [0.4, 0.5) is 11.4 Å². The number of hydrogen-bond acceptors (Lipinski definition) is 2. The van der Waals surface area contributed by atoms with Crippen molar-refractivity contribution in [3.05, 3.63) is 218 Å². The number of hydrogen-bond donors (Lipinski definition) is 0. The summed E-state index contributed by atoms with van der Waals surface area (Å²) in [6.07, 6.45) is 8.49. The summed E-state index contributed by atoms with van der Waals surface area (Å²) >= 11 is 0. The number of nitrogens with zero attached hydrogens (tertiary/aromatic N) is 2. The van der Waals surface area contributed by atoms with E-state index in [-0.39, 0.29) is 0 Å². The number of anilines is 2. The van der Waals surface area contributed by atoms with E-state index in [9.17, 15) is 0 Å². The van der Waals surface area contributed by atoms with Gasteiger partial charge in [0.1, 0.15) is 5.58 Å². The van der Waals surface area contributed by atoms with Gasteiger partial charge in [-0.1, -0.05) is 164 Å². The van der Waals surface area contributed by atoms with Crippen LogP contribution in [0.5, 0.6) is 0 Å². The van der Waals surface area contributed by atoms with Gasteiger partial charge in [0.2, 0.25) is 0 Å². The van der Waals surface area contributed by atoms with Crippen molar-refractivity contribution in [1.82, 2.24) is 4.57 Å². The predicted molar refractivity (Wildman–Crippen MR) is 245 cm³/mol. The molecule has 1 aliphatic rings. The van der Waals surface area contributed by atoms with E-state index < -0.39 is 0 Å². The smallest absolute Gasteiger partial charge is 0.161 e. The summed E-state index contributed by atoms with van der Waals surface area (Å²) in [6, 6.07) is 65.3. The van der Waals surface area contributed by atoms with Gasteiger partial charge in [-0.15, -0.1) is 0 Å². The number of rotatable bonds is 5. The molecule has 8 aromatic carbocycles. The lowest BCUT2D eigenvalue weighted by Gasteiger charge is -2.27. The molecule has 0 spiro atoms. The van der Waals surface area contributed by atoms with E-state index in [2.05, 4.69) is 222 Å². The average molecular weight is 743 g/mol. The quantitative estimate of drug-likeness (QED) is 0.175. The Hall–Kier alpha value is -7.62. The van der Waals surface area contributed by atoms with Gasteiger partial charge in [-0.3, -0.25) is 0 Å². The molecule has 0 aliphatic carbocycles. The van der Waals surface area contributed by atoms with Crippen LogP contribution in [0, 0.1) is 0 Å². The zero-order chi connectivity index (χ0) is 38.6. The Kier molecular flexibility index (Phi) is 8.04. The fraction of sp³-hybridized carbons (Fsp3) is 0.0182. The molecule has 3 heterocycles. The van der Waals surface area contributed by atoms with Gasteiger partial charge in [0.25, 0.3) is 0 Å². The maximum Gasteiger partial charge on any atom is 0.161 e. The molecule has 0 saturated heterocycles. The van der Waals surface area contributed by atoms with Gasteiger partial charge in [-0.2, -0.15) is 0 Å². The zero-order valence-electron chi connectivity index (χ0n) is 31.8. The Morgan fingerprint density at radius 3 is 1.81 bits per heavy atom. The van der Waals surface area contributed by atoms with Crippen molar-refractivity contribution in [2.24, 2.45) is 0 Å².